The first-order valence-corrected chi connectivity index (χ1v) is 4.65. The van der Waals surface area contributed by atoms with E-state index in [-0.39, 0.29) is 6.10 Å². The van der Waals surface area contributed by atoms with Crippen molar-refractivity contribution in [3.63, 3.8) is 0 Å². The van der Waals surface area contributed by atoms with Gasteiger partial charge < -0.3 is 9.84 Å². The van der Waals surface area contributed by atoms with Crippen LogP contribution in [0, 0.1) is 0 Å². The molecule has 0 radical (unpaired) electrons. The summed E-state index contributed by atoms with van der Waals surface area (Å²) in [5, 5.41) is 10.0. The molecular weight excluding hydrogens is 152 g/mol. The minimum atomic E-state index is -0.541. The highest BCUT2D eigenvalue weighted by atomic mass is 16.5. The molecule has 1 saturated heterocycles. The van der Waals surface area contributed by atoms with Crippen LogP contribution in [0.15, 0.2) is 12.7 Å². The van der Waals surface area contributed by atoms with Gasteiger partial charge in [-0.3, -0.25) is 0 Å². The Morgan fingerprint density at radius 1 is 1.75 bits per heavy atom. The van der Waals surface area contributed by atoms with Crippen molar-refractivity contribution in [1.82, 2.24) is 0 Å². The quantitative estimate of drug-likeness (QED) is 0.655. The first-order valence-electron chi connectivity index (χ1n) is 4.65. The van der Waals surface area contributed by atoms with Gasteiger partial charge in [-0.15, -0.1) is 6.58 Å². The molecule has 1 rings (SSSR count). The lowest BCUT2D eigenvalue weighted by Crippen LogP contribution is -2.40. The third-order valence-electron chi connectivity index (χ3n) is 2.51. The lowest BCUT2D eigenvalue weighted by Gasteiger charge is -2.35. The van der Waals surface area contributed by atoms with E-state index in [0.717, 1.165) is 19.3 Å². The van der Waals surface area contributed by atoms with Gasteiger partial charge in [-0.05, 0) is 19.3 Å². The maximum Gasteiger partial charge on any atom is 0.0728 e. The van der Waals surface area contributed by atoms with Crippen LogP contribution in [0.5, 0.6) is 0 Å². The Balaban J connectivity index is 2.48. The lowest BCUT2D eigenvalue weighted by atomic mass is 9.87. The van der Waals surface area contributed by atoms with E-state index in [1.165, 1.54) is 0 Å². The average Bonchev–Trinajstić information content (AvgIpc) is 2.04. The van der Waals surface area contributed by atoms with Crippen LogP contribution in [0.1, 0.15) is 32.6 Å². The largest absolute Gasteiger partial charge is 0.389 e. The molecule has 0 aromatic carbocycles. The van der Waals surface area contributed by atoms with Gasteiger partial charge in [0, 0.05) is 13.0 Å². The Labute approximate surface area is 74.2 Å². The van der Waals surface area contributed by atoms with Crippen LogP contribution in [0.4, 0.5) is 0 Å². The van der Waals surface area contributed by atoms with Crippen LogP contribution < -0.4 is 0 Å². The molecule has 0 saturated carbocycles. The summed E-state index contributed by atoms with van der Waals surface area (Å²) in [5.41, 5.74) is -0.541. The van der Waals surface area contributed by atoms with Crippen molar-refractivity contribution >= 4 is 0 Å². The predicted molar refractivity (Wildman–Crippen MR) is 49.0 cm³/mol. The molecular formula is C10H18O2. The summed E-state index contributed by atoms with van der Waals surface area (Å²) in [6.45, 7) is 6.42. The molecule has 2 atom stereocenters. The molecule has 1 N–H and O–H groups in total. The molecule has 1 aliphatic rings. The molecule has 0 bridgehead atoms. The summed E-state index contributed by atoms with van der Waals surface area (Å²) in [4.78, 5) is 0. The second-order valence-electron chi connectivity index (χ2n) is 3.57. The first-order chi connectivity index (χ1) is 5.70. The van der Waals surface area contributed by atoms with Gasteiger partial charge in [0.25, 0.3) is 0 Å². The Bertz CT molecular complexity index is 156. The van der Waals surface area contributed by atoms with Crippen molar-refractivity contribution in [1.29, 1.82) is 0 Å². The van der Waals surface area contributed by atoms with E-state index in [1.54, 1.807) is 6.08 Å². The molecule has 70 valence electrons. The van der Waals surface area contributed by atoms with E-state index in [4.69, 9.17) is 4.74 Å². The highest BCUT2D eigenvalue weighted by Gasteiger charge is 2.32. The minimum Gasteiger partial charge on any atom is -0.389 e. The summed E-state index contributed by atoms with van der Waals surface area (Å²) in [7, 11) is 0. The molecule has 0 aliphatic carbocycles. The number of hydrogen-bond acceptors (Lipinski definition) is 2. The second-order valence-corrected chi connectivity index (χ2v) is 3.57. The smallest absolute Gasteiger partial charge is 0.0728 e. The van der Waals surface area contributed by atoms with E-state index >= 15 is 0 Å². The molecule has 1 fully saturated rings. The number of rotatable bonds is 3. The summed E-state index contributed by atoms with van der Waals surface area (Å²) in [6, 6.07) is 0. The van der Waals surface area contributed by atoms with Gasteiger partial charge in [0.2, 0.25) is 0 Å². The maximum absolute atomic E-state index is 10.0. The van der Waals surface area contributed by atoms with Crippen LogP contribution in [0.2, 0.25) is 0 Å². The molecule has 0 amide bonds. The van der Waals surface area contributed by atoms with Gasteiger partial charge in [0.15, 0.2) is 0 Å². The molecule has 2 unspecified atom stereocenters. The topological polar surface area (TPSA) is 29.5 Å². The Hall–Kier alpha value is -0.340. The van der Waals surface area contributed by atoms with Crippen molar-refractivity contribution in [3.05, 3.63) is 12.7 Å². The molecule has 0 aromatic rings. The Morgan fingerprint density at radius 3 is 3.08 bits per heavy atom. The second kappa shape index (κ2) is 4.06. The van der Waals surface area contributed by atoms with Gasteiger partial charge >= 0.3 is 0 Å². The van der Waals surface area contributed by atoms with E-state index in [0.29, 0.717) is 13.0 Å². The van der Waals surface area contributed by atoms with E-state index in [2.05, 4.69) is 13.5 Å². The molecule has 12 heavy (non-hydrogen) atoms. The highest BCUT2D eigenvalue weighted by molar-refractivity contribution is 4.90. The fourth-order valence-corrected chi connectivity index (χ4v) is 1.72. The molecule has 0 aromatic heterocycles. The van der Waals surface area contributed by atoms with Crippen molar-refractivity contribution in [2.24, 2.45) is 0 Å². The summed E-state index contributed by atoms with van der Waals surface area (Å²) in [6.07, 6.45) is 5.21. The highest BCUT2D eigenvalue weighted by Crippen LogP contribution is 2.29. The van der Waals surface area contributed by atoms with Gasteiger partial charge in [-0.2, -0.15) is 0 Å². The SMILES string of the molecule is C=CCC1(O)CCOC(CC)C1. The van der Waals surface area contributed by atoms with Gasteiger partial charge in [0.1, 0.15) is 0 Å². The van der Waals surface area contributed by atoms with Crippen molar-refractivity contribution in [3.8, 4) is 0 Å². The summed E-state index contributed by atoms with van der Waals surface area (Å²) in [5.74, 6) is 0. The first kappa shape index (κ1) is 9.75. The maximum atomic E-state index is 10.0. The number of aliphatic hydroxyl groups is 1. The summed E-state index contributed by atoms with van der Waals surface area (Å²) < 4.78 is 5.47. The van der Waals surface area contributed by atoms with Crippen molar-refractivity contribution in [2.45, 2.75) is 44.3 Å². The van der Waals surface area contributed by atoms with Crippen LogP contribution in [0.25, 0.3) is 0 Å². The summed E-state index contributed by atoms with van der Waals surface area (Å²) >= 11 is 0. The minimum absolute atomic E-state index is 0.240. The molecule has 1 heterocycles. The van der Waals surface area contributed by atoms with Crippen LogP contribution in [-0.2, 0) is 4.74 Å². The van der Waals surface area contributed by atoms with Gasteiger partial charge in [0.05, 0.1) is 11.7 Å². The van der Waals surface area contributed by atoms with Gasteiger partial charge in [-0.1, -0.05) is 13.0 Å². The fourth-order valence-electron chi connectivity index (χ4n) is 1.72. The Morgan fingerprint density at radius 2 is 2.50 bits per heavy atom. The number of hydrogen-bond donors (Lipinski definition) is 1. The third-order valence-corrected chi connectivity index (χ3v) is 2.51. The standard InChI is InChI=1S/C10H18O2/c1-3-5-10(11)6-7-12-9(4-2)8-10/h3,9,11H,1,4-8H2,2H3. The monoisotopic (exact) mass is 170 g/mol. The normalized spacial score (nSPS) is 36.3. The molecule has 2 heteroatoms. The van der Waals surface area contributed by atoms with E-state index in [1.807, 2.05) is 0 Å². The zero-order valence-corrected chi connectivity index (χ0v) is 7.75. The molecule has 2 nitrogen and oxygen atoms in total. The average molecular weight is 170 g/mol. The lowest BCUT2D eigenvalue weighted by molar-refractivity contribution is -0.102. The fraction of sp³-hybridized carbons (Fsp3) is 0.800. The zero-order valence-electron chi connectivity index (χ0n) is 7.75. The van der Waals surface area contributed by atoms with E-state index in [9.17, 15) is 5.11 Å². The Kier molecular flexibility index (Phi) is 3.29. The predicted octanol–water partition coefficient (Wildman–Crippen LogP) is 1.88. The van der Waals surface area contributed by atoms with E-state index < -0.39 is 5.60 Å². The van der Waals surface area contributed by atoms with Gasteiger partial charge in [-0.25, -0.2) is 0 Å². The van der Waals surface area contributed by atoms with Crippen LogP contribution in [-0.4, -0.2) is 23.4 Å². The van der Waals surface area contributed by atoms with Crippen LogP contribution in [0.3, 0.4) is 0 Å². The molecule has 1 aliphatic heterocycles. The third kappa shape index (κ3) is 2.32. The van der Waals surface area contributed by atoms with Crippen molar-refractivity contribution < 1.29 is 9.84 Å². The number of ether oxygens (including phenoxy) is 1. The zero-order chi connectivity index (χ0) is 9.03. The van der Waals surface area contributed by atoms with Crippen molar-refractivity contribution in [2.75, 3.05) is 6.61 Å². The van der Waals surface area contributed by atoms with Crippen LogP contribution >= 0.6 is 0 Å². The molecule has 0 spiro atoms.